The summed E-state index contributed by atoms with van der Waals surface area (Å²) in [5.41, 5.74) is 2.10. The van der Waals surface area contributed by atoms with Gasteiger partial charge in [0, 0.05) is 25.5 Å². The first-order valence-corrected chi connectivity index (χ1v) is 9.95. The molecule has 0 spiro atoms. The third-order valence-electron chi connectivity index (χ3n) is 5.26. The van der Waals surface area contributed by atoms with Crippen molar-refractivity contribution < 1.29 is 9.13 Å². The van der Waals surface area contributed by atoms with Crippen molar-refractivity contribution in [3.8, 4) is 17.5 Å². The van der Waals surface area contributed by atoms with E-state index >= 15 is 0 Å². The second kappa shape index (κ2) is 7.84. The maximum absolute atomic E-state index is 13.5. The van der Waals surface area contributed by atoms with Crippen LogP contribution in [0.3, 0.4) is 0 Å². The highest BCUT2D eigenvalue weighted by atomic mass is 19.1. The molecule has 1 saturated heterocycles. The number of aromatic nitrogens is 7. The third kappa shape index (κ3) is 3.53. The molecule has 4 aromatic rings. The van der Waals surface area contributed by atoms with Gasteiger partial charge in [-0.25, -0.2) is 19.3 Å². The monoisotopic (exact) mass is 417 g/mol. The average Bonchev–Trinajstić information content (AvgIpc) is 3.35. The number of imidazole rings is 2. The lowest BCUT2D eigenvalue weighted by molar-refractivity contribution is 0.0708. The van der Waals surface area contributed by atoms with Crippen LogP contribution in [-0.2, 0) is 4.74 Å². The molecule has 4 aromatic heterocycles. The Morgan fingerprint density at radius 2 is 2.00 bits per heavy atom. The average molecular weight is 417 g/mol. The maximum atomic E-state index is 13.5. The fraction of sp³-hybridized carbons (Fsp3) is 0.227. The van der Waals surface area contributed by atoms with E-state index in [1.54, 1.807) is 17.0 Å². The first-order chi connectivity index (χ1) is 15.1. The van der Waals surface area contributed by atoms with Crippen LogP contribution in [-0.4, -0.2) is 47.3 Å². The molecule has 9 heteroatoms. The minimum atomic E-state index is -0.600. The number of halogens is 1. The standard InChI is InChI=1S/C22H20FN7O/c1-14(23)11-19-15(2)26-13-29(19)22-25-12-18-21(28-22)30(16-6-9-31-10-7-16)20(27-18)17-5-3-4-8-24-17/h3-5,8,11-13,16H,1-2,6-7,9-10H2/b19-11+. The summed E-state index contributed by atoms with van der Waals surface area (Å²) < 4.78 is 22.8. The molecular weight excluding hydrogens is 397 g/mol. The Kier molecular flexibility index (Phi) is 4.87. The fourth-order valence-corrected chi connectivity index (χ4v) is 3.82. The van der Waals surface area contributed by atoms with E-state index in [4.69, 9.17) is 14.7 Å². The van der Waals surface area contributed by atoms with Crippen LogP contribution in [0, 0.1) is 0 Å². The summed E-state index contributed by atoms with van der Waals surface area (Å²) in [5.74, 6) is 0.488. The van der Waals surface area contributed by atoms with Crippen LogP contribution >= 0.6 is 0 Å². The lowest BCUT2D eigenvalue weighted by atomic mass is 10.1. The zero-order valence-electron chi connectivity index (χ0n) is 16.8. The van der Waals surface area contributed by atoms with E-state index in [0.29, 0.717) is 41.0 Å². The molecule has 0 aliphatic carbocycles. The topological polar surface area (TPSA) is 83.5 Å². The number of rotatable bonds is 4. The summed E-state index contributed by atoms with van der Waals surface area (Å²) in [6.07, 6.45) is 7.88. The van der Waals surface area contributed by atoms with Gasteiger partial charge in [0.1, 0.15) is 23.4 Å². The molecule has 1 aliphatic rings. The first kappa shape index (κ1) is 19.3. The number of pyridine rings is 1. The van der Waals surface area contributed by atoms with Crippen molar-refractivity contribution in [2.75, 3.05) is 13.2 Å². The van der Waals surface area contributed by atoms with E-state index in [2.05, 4.69) is 32.7 Å². The van der Waals surface area contributed by atoms with E-state index in [9.17, 15) is 4.39 Å². The molecule has 0 bridgehead atoms. The number of fused-ring (bicyclic) bond motifs is 1. The third-order valence-corrected chi connectivity index (χ3v) is 5.26. The number of allylic oxidation sites excluding steroid dienone is 1. The quantitative estimate of drug-likeness (QED) is 0.506. The SMILES string of the molecule is C=C(F)/C=c1\c(=C)ncn1-c1ncc2nc(-c3ccccn3)n(C3CCOCC3)c2n1. The van der Waals surface area contributed by atoms with Gasteiger partial charge in [-0.2, -0.15) is 4.98 Å². The molecule has 5 rings (SSSR count). The lowest BCUT2D eigenvalue weighted by Crippen LogP contribution is -2.29. The summed E-state index contributed by atoms with van der Waals surface area (Å²) in [6, 6.07) is 5.90. The Balaban J connectivity index is 1.74. The van der Waals surface area contributed by atoms with Gasteiger partial charge in [0.15, 0.2) is 11.5 Å². The molecule has 0 N–H and O–H groups in total. The molecule has 1 aliphatic heterocycles. The van der Waals surface area contributed by atoms with Crippen LogP contribution in [0.1, 0.15) is 18.9 Å². The molecule has 8 nitrogen and oxygen atoms in total. The smallest absolute Gasteiger partial charge is 0.237 e. The van der Waals surface area contributed by atoms with Crippen molar-refractivity contribution in [3.05, 3.63) is 60.0 Å². The molecule has 31 heavy (non-hydrogen) atoms. The van der Waals surface area contributed by atoms with Gasteiger partial charge in [-0.05, 0) is 31.1 Å². The van der Waals surface area contributed by atoms with Crippen molar-refractivity contribution in [2.45, 2.75) is 18.9 Å². The largest absolute Gasteiger partial charge is 0.381 e. The van der Waals surface area contributed by atoms with Gasteiger partial charge in [-0.1, -0.05) is 19.2 Å². The van der Waals surface area contributed by atoms with Gasteiger partial charge in [0.2, 0.25) is 5.95 Å². The van der Waals surface area contributed by atoms with E-state index in [0.717, 1.165) is 24.4 Å². The van der Waals surface area contributed by atoms with Crippen LogP contribution in [0.5, 0.6) is 0 Å². The van der Waals surface area contributed by atoms with E-state index in [1.165, 1.54) is 12.4 Å². The maximum Gasteiger partial charge on any atom is 0.237 e. The number of ether oxygens (including phenoxy) is 1. The summed E-state index contributed by atoms with van der Waals surface area (Å²) >= 11 is 0. The van der Waals surface area contributed by atoms with Crippen molar-refractivity contribution >= 4 is 23.8 Å². The molecule has 156 valence electrons. The van der Waals surface area contributed by atoms with E-state index in [-0.39, 0.29) is 6.04 Å². The molecule has 0 unspecified atom stereocenters. The molecule has 5 heterocycles. The van der Waals surface area contributed by atoms with Gasteiger partial charge in [-0.15, -0.1) is 0 Å². The minimum Gasteiger partial charge on any atom is -0.381 e. The molecule has 0 amide bonds. The highest BCUT2D eigenvalue weighted by molar-refractivity contribution is 5.76. The Labute approximate surface area is 177 Å². The molecule has 1 fully saturated rings. The molecule has 0 saturated carbocycles. The Morgan fingerprint density at radius 1 is 1.16 bits per heavy atom. The first-order valence-electron chi connectivity index (χ1n) is 9.95. The van der Waals surface area contributed by atoms with Crippen LogP contribution < -0.4 is 10.7 Å². The van der Waals surface area contributed by atoms with Gasteiger partial charge < -0.3 is 9.30 Å². The van der Waals surface area contributed by atoms with E-state index in [1.807, 2.05) is 18.2 Å². The van der Waals surface area contributed by atoms with Gasteiger partial charge in [0.05, 0.1) is 16.9 Å². The van der Waals surface area contributed by atoms with Gasteiger partial charge in [0.25, 0.3) is 0 Å². The number of hydrogen-bond donors (Lipinski definition) is 0. The van der Waals surface area contributed by atoms with Crippen LogP contribution in [0.25, 0.3) is 41.3 Å². The predicted octanol–water partition coefficient (Wildman–Crippen LogP) is 2.10. The van der Waals surface area contributed by atoms with Crippen molar-refractivity contribution in [3.63, 3.8) is 0 Å². The highest BCUT2D eigenvalue weighted by Gasteiger charge is 2.24. The van der Waals surface area contributed by atoms with Crippen LogP contribution in [0.15, 0.2) is 49.3 Å². The predicted molar refractivity (Wildman–Crippen MR) is 114 cm³/mol. The number of nitrogens with zero attached hydrogens (tertiary/aromatic N) is 7. The lowest BCUT2D eigenvalue weighted by Gasteiger charge is -2.25. The molecule has 0 atom stereocenters. The second-order valence-electron chi connectivity index (χ2n) is 7.28. The summed E-state index contributed by atoms with van der Waals surface area (Å²) in [4.78, 5) is 22.7. The van der Waals surface area contributed by atoms with Crippen molar-refractivity contribution in [1.29, 1.82) is 0 Å². The zero-order valence-corrected chi connectivity index (χ0v) is 16.8. The summed E-state index contributed by atoms with van der Waals surface area (Å²) in [7, 11) is 0. The van der Waals surface area contributed by atoms with E-state index < -0.39 is 5.83 Å². The van der Waals surface area contributed by atoms with Crippen LogP contribution in [0.2, 0.25) is 0 Å². The molecule has 0 radical (unpaired) electrons. The minimum absolute atomic E-state index is 0.168. The van der Waals surface area contributed by atoms with Crippen molar-refractivity contribution in [1.82, 2.24) is 34.1 Å². The summed E-state index contributed by atoms with van der Waals surface area (Å²) in [5, 5.41) is 0.850. The Hall–Kier alpha value is -3.72. The summed E-state index contributed by atoms with van der Waals surface area (Å²) in [6.45, 7) is 8.50. The molecule has 0 aromatic carbocycles. The normalized spacial score (nSPS) is 15.6. The highest BCUT2D eigenvalue weighted by Crippen LogP contribution is 2.31. The van der Waals surface area contributed by atoms with Crippen molar-refractivity contribution in [2.24, 2.45) is 0 Å². The second-order valence-corrected chi connectivity index (χ2v) is 7.28. The van der Waals surface area contributed by atoms with Gasteiger partial charge in [-0.3, -0.25) is 9.55 Å². The Bertz CT molecular complexity index is 1370. The Morgan fingerprint density at radius 3 is 2.74 bits per heavy atom. The fourth-order valence-electron chi connectivity index (χ4n) is 3.82. The molecular formula is C22H20FN7O. The van der Waals surface area contributed by atoms with Crippen LogP contribution in [0.4, 0.5) is 4.39 Å². The zero-order chi connectivity index (χ0) is 21.4. The number of hydrogen-bond acceptors (Lipinski definition) is 6. The van der Waals surface area contributed by atoms with Gasteiger partial charge >= 0.3 is 0 Å².